The second kappa shape index (κ2) is 7.17. The van der Waals surface area contributed by atoms with Crippen LogP contribution in [0.25, 0.3) is 0 Å². The third-order valence-corrected chi connectivity index (χ3v) is 3.36. The number of rotatable bonds is 7. The van der Waals surface area contributed by atoms with Gasteiger partial charge in [0.2, 0.25) is 0 Å². The van der Waals surface area contributed by atoms with Crippen LogP contribution in [0, 0.1) is 0 Å². The minimum Gasteiger partial charge on any atom is -0.497 e. The van der Waals surface area contributed by atoms with Crippen LogP contribution in [0.1, 0.15) is 37.6 Å². The van der Waals surface area contributed by atoms with Crippen molar-refractivity contribution < 1.29 is 9.53 Å². The molecule has 100 valence electrons. The number of carbonyl (C=O) groups excluding carboxylic acids is 1. The fourth-order valence-corrected chi connectivity index (χ4v) is 1.91. The monoisotopic (exact) mass is 249 g/mol. The summed E-state index contributed by atoms with van der Waals surface area (Å²) in [5.41, 5.74) is 0.719. The van der Waals surface area contributed by atoms with Crippen LogP contribution in [-0.4, -0.2) is 36.9 Å². The van der Waals surface area contributed by atoms with E-state index in [0.717, 1.165) is 24.3 Å². The molecule has 0 radical (unpaired) electrons. The summed E-state index contributed by atoms with van der Waals surface area (Å²) in [4.78, 5) is 14.4. The lowest BCUT2D eigenvalue weighted by Gasteiger charge is -2.26. The summed E-state index contributed by atoms with van der Waals surface area (Å²) >= 11 is 0. The Bertz CT molecular complexity index is 390. The minimum atomic E-state index is 0.149. The molecule has 3 heteroatoms. The van der Waals surface area contributed by atoms with Gasteiger partial charge in [-0.25, -0.2) is 0 Å². The van der Waals surface area contributed by atoms with Crippen molar-refractivity contribution in [2.24, 2.45) is 0 Å². The number of benzene rings is 1. The van der Waals surface area contributed by atoms with Crippen LogP contribution >= 0.6 is 0 Å². The Balaban J connectivity index is 2.74. The van der Waals surface area contributed by atoms with Crippen molar-refractivity contribution in [1.82, 2.24) is 4.90 Å². The maximum Gasteiger partial charge on any atom is 0.176 e. The average molecular weight is 249 g/mol. The number of hydrogen-bond acceptors (Lipinski definition) is 3. The SMILES string of the molecule is CCC(C)N(CC)CC(=O)c1cccc(OC)c1. The molecular weight excluding hydrogens is 226 g/mol. The molecule has 0 aliphatic rings. The zero-order chi connectivity index (χ0) is 13.5. The van der Waals surface area contributed by atoms with E-state index in [1.165, 1.54) is 0 Å². The van der Waals surface area contributed by atoms with Crippen LogP contribution in [0.2, 0.25) is 0 Å². The van der Waals surface area contributed by atoms with Crippen molar-refractivity contribution in [3.63, 3.8) is 0 Å². The number of ether oxygens (including phenoxy) is 1. The highest BCUT2D eigenvalue weighted by Gasteiger charge is 2.15. The Hall–Kier alpha value is -1.35. The molecule has 18 heavy (non-hydrogen) atoms. The van der Waals surface area contributed by atoms with E-state index in [2.05, 4.69) is 25.7 Å². The normalized spacial score (nSPS) is 12.5. The van der Waals surface area contributed by atoms with Gasteiger partial charge in [0.15, 0.2) is 5.78 Å². The third kappa shape index (κ3) is 3.84. The van der Waals surface area contributed by atoms with Gasteiger partial charge < -0.3 is 4.74 Å². The van der Waals surface area contributed by atoms with Gasteiger partial charge in [0.25, 0.3) is 0 Å². The van der Waals surface area contributed by atoms with Gasteiger partial charge in [0.05, 0.1) is 13.7 Å². The van der Waals surface area contributed by atoms with Gasteiger partial charge in [0, 0.05) is 11.6 Å². The highest BCUT2D eigenvalue weighted by atomic mass is 16.5. The Labute approximate surface area is 110 Å². The molecule has 1 aromatic rings. The van der Waals surface area contributed by atoms with Gasteiger partial charge in [-0.1, -0.05) is 26.0 Å². The molecule has 1 rings (SSSR count). The van der Waals surface area contributed by atoms with Crippen molar-refractivity contribution in [3.05, 3.63) is 29.8 Å². The van der Waals surface area contributed by atoms with E-state index < -0.39 is 0 Å². The summed E-state index contributed by atoms with van der Waals surface area (Å²) in [7, 11) is 1.61. The van der Waals surface area contributed by atoms with Crippen LogP contribution < -0.4 is 4.74 Å². The average Bonchev–Trinajstić information content (AvgIpc) is 2.43. The van der Waals surface area contributed by atoms with Gasteiger partial charge >= 0.3 is 0 Å². The van der Waals surface area contributed by atoms with Gasteiger partial charge in [0.1, 0.15) is 5.75 Å². The standard InChI is InChI=1S/C15H23NO2/c1-5-12(3)16(6-2)11-15(17)13-8-7-9-14(10-13)18-4/h7-10,12H,5-6,11H2,1-4H3. The number of methoxy groups -OCH3 is 1. The molecule has 0 saturated heterocycles. The molecule has 0 bridgehead atoms. The van der Waals surface area contributed by atoms with Crippen molar-refractivity contribution in [2.75, 3.05) is 20.2 Å². The van der Waals surface area contributed by atoms with Crippen LogP contribution in [0.4, 0.5) is 0 Å². The molecule has 0 heterocycles. The zero-order valence-electron chi connectivity index (χ0n) is 11.8. The lowest BCUT2D eigenvalue weighted by atomic mass is 10.1. The van der Waals surface area contributed by atoms with E-state index in [0.29, 0.717) is 12.6 Å². The molecule has 1 unspecified atom stereocenters. The van der Waals surface area contributed by atoms with Crippen LogP contribution in [0.5, 0.6) is 5.75 Å². The highest BCUT2D eigenvalue weighted by molar-refractivity contribution is 5.97. The van der Waals surface area contributed by atoms with Gasteiger partial charge in [-0.05, 0) is 32.0 Å². The molecule has 0 fully saturated rings. The molecule has 0 spiro atoms. The Morgan fingerprint density at radius 3 is 2.67 bits per heavy atom. The second-order valence-corrected chi connectivity index (χ2v) is 4.48. The molecule has 0 saturated carbocycles. The molecule has 0 amide bonds. The molecule has 0 N–H and O–H groups in total. The smallest absolute Gasteiger partial charge is 0.176 e. The van der Waals surface area contributed by atoms with Gasteiger partial charge in [-0.15, -0.1) is 0 Å². The maximum absolute atomic E-state index is 12.2. The van der Waals surface area contributed by atoms with Crippen molar-refractivity contribution in [2.45, 2.75) is 33.2 Å². The molecule has 0 aliphatic carbocycles. The van der Waals surface area contributed by atoms with E-state index in [1.54, 1.807) is 13.2 Å². The summed E-state index contributed by atoms with van der Waals surface area (Å²) < 4.78 is 5.14. The number of Topliss-reactive ketones (excluding diaryl/α,β-unsaturated/α-hetero) is 1. The van der Waals surface area contributed by atoms with Crippen molar-refractivity contribution >= 4 is 5.78 Å². The Kier molecular flexibility index (Phi) is 5.86. The predicted octanol–water partition coefficient (Wildman–Crippen LogP) is 3.00. The Morgan fingerprint density at radius 2 is 2.11 bits per heavy atom. The first-order valence-electron chi connectivity index (χ1n) is 6.53. The minimum absolute atomic E-state index is 0.149. The first-order valence-corrected chi connectivity index (χ1v) is 6.53. The van der Waals surface area contributed by atoms with Crippen LogP contribution in [-0.2, 0) is 0 Å². The summed E-state index contributed by atoms with van der Waals surface area (Å²) in [5.74, 6) is 0.878. The molecule has 0 aliphatic heterocycles. The van der Waals surface area contributed by atoms with E-state index in [9.17, 15) is 4.79 Å². The van der Waals surface area contributed by atoms with E-state index in [-0.39, 0.29) is 5.78 Å². The number of ketones is 1. The van der Waals surface area contributed by atoms with Crippen molar-refractivity contribution in [3.8, 4) is 5.75 Å². The number of carbonyl (C=O) groups is 1. The Morgan fingerprint density at radius 1 is 1.39 bits per heavy atom. The number of hydrogen-bond donors (Lipinski definition) is 0. The first-order chi connectivity index (χ1) is 8.62. The largest absolute Gasteiger partial charge is 0.497 e. The third-order valence-electron chi connectivity index (χ3n) is 3.36. The molecular formula is C15H23NO2. The van der Waals surface area contributed by atoms with Crippen LogP contribution in [0.15, 0.2) is 24.3 Å². The summed E-state index contributed by atoms with van der Waals surface area (Å²) in [6.07, 6.45) is 1.05. The summed E-state index contributed by atoms with van der Waals surface area (Å²) in [6.45, 7) is 7.75. The maximum atomic E-state index is 12.2. The quantitative estimate of drug-likeness (QED) is 0.696. The second-order valence-electron chi connectivity index (χ2n) is 4.48. The number of likely N-dealkylation sites (N-methyl/N-ethyl adjacent to an activating group) is 1. The lowest BCUT2D eigenvalue weighted by Crippen LogP contribution is -2.36. The zero-order valence-corrected chi connectivity index (χ0v) is 11.8. The molecule has 1 atom stereocenters. The summed E-state index contributed by atoms with van der Waals surface area (Å²) in [6, 6.07) is 7.78. The van der Waals surface area contributed by atoms with E-state index in [4.69, 9.17) is 4.74 Å². The van der Waals surface area contributed by atoms with E-state index in [1.807, 2.05) is 18.2 Å². The lowest BCUT2D eigenvalue weighted by molar-refractivity contribution is 0.0902. The van der Waals surface area contributed by atoms with Crippen LogP contribution in [0.3, 0.4) is 0 Å². The molecule has 1 aromatic carbocycles. The fourth-order valence-electron chi connectivity index (χ4n) is 1.91. The van der Waals surface area contributed by atoms with E-state index >= 15 is 0 Å². The van der Waals surface area contributed by atoms with Gasteiger partial charge in [-0.3, -0.25) is 9.69 Å². The fraction of sp³-hybridized carbons (Fsp3) is 0.533. The summed E-state index contributed by atoms with van der Waals surface area (Å²) in [5, 5.41) is 0. The number of nitrogens with zero attached hydrogens (tertiary/aromatic N) is 1. The highest BCUT2D eigenvalue weighted by Crippen LogP contribution is 2.14. The van der Waals surface area contributed by atoms with Gasteiger partial charge in [-0.2, -0.15) is 0 Å². The molecule has 3 nitrogen and oxygen atoms in total. The molecule has 0 aromatic heterocycles. The van der Waals surface area contributed by atoms with Crippen molar-refractivity contribution in [1.29, 1.82) is 0 Å². The first kappa shape index (κ1) is 14.7. The predicted molar refractivity (Wildman–Crippen MR) is 74.3 cm³/mol. The topological polar surface area (TPSA) is 29.5 Å².